The van der Waals surface area contributed by atoms with Crippen molar-refractivity contribution in [3.63, 3.8) is 0 Å². The molecule has 1 N–H and O–H groups in total. The zero-order valence-corrected chi connectivity index (χ0v) is 24.8. The first-order valence-electron chi connectivity index (χ1n) is 14.7. The number of carbonyl (C=O) groups excluding carboxylic acids is 3. The summed E-state index contributed by atoms with van der Waals surface area (Å²) in [6.07, 6.45) is 9.74. The minimum Gasteiger partial charge on any atom is -0.465 e. The number of aryl methyl sites for hydroxylation is 2. The summed E-state index contributed by atoms with van der Waals surface area (Å²) in [6.45, 7) is 12.8. The molecule has 1 aromatic rings. The predicted molar refractivity (Wildman–Crippen MR) is 160 cm³/mol. The molecule has 7 nitrogen and oxygen atoms in total. The summed E-state index contributed by atoms with van der Waals surface area (Å²) >= 11 is 1.67. The highest BCUT2D eigenvalue weighted by Crippen LogP contribution is 2.66. The topological polar surface area (TPSA) is 87.1 Å². The molecular weight excluding hydrogens is 524 g/mol. The maximum absolute atomic E-state index is 14.6. The molecule has 3 heterocycles. The number of aliphatic hydroxyl groups is 1. The zero-order chi connectivity index (χ0) is 28.9. The standard InChI is InChI=1S/C32H44N2O5S/c1-5-7-8-12-20-39-31(38)26-25-15-16-32(40-25)27(26)29(36)34(18-10-9-11-19-35)28(32)30(37)33(17-6-2)24-21-22(3)13-14-23(24)4/h5-6,13-14,21,25-28,35H,1-2,7-12,15-20H2,3-4H3/t25-,26+,27+,28?,32?/m1/s1. The second kappa shape index (κ2) is 13.4. The number of esters is 1. The normalized spacial score (nSPS) is 26.6. The number of carbonyl (C=O) groups is 3. The van der Waals surface area contributed by atoms with Crippen molar-refractivity contribution in [1.82, 2.24) is 4.90 Å². The largest absolute Gasteiger partial charge is 0.465 e. The number of nitrogens with zero attached hydrogens (tertiary/aromatic N) is 2. The molecule has 0 radical (unpaired) electrons. The lowest BCUT2D eigenvalue weighted by atomic mass is 9.71. The van der Waals surface area contributed by atoms with Gasteiger partial charge in [-0.05, 0) is 82.4 Å². The molecule has 2 unspecified atom stereocenters. The third-order valence-electron chi connectivity index (χ3n) is 8.64. The van der Waals surface area contributed by atoms with E-state index in [2.05, 4.69) is 13.2 Å². The average molecular weight is 569 g/mol. The van der Waals surface area contributed by atoms with Crippen molar-refractivity contribution >= 4 is 35.2 Å². The highest BCUT2D eigenvalue weighted by atomic mass is 32.2. The number of unbranched alkanes of at least 4 members (excludes halogenated alkanes) is 4. The summed E-state index contributed by atoms with van der Waals surface area (Å²) in [7, 11) is 0. The van der Waals surface area contributed by atoms with E-state index in [-0.39, 0.29) is 29.6 Å². The quantitative estimate of drug-likeness (QED) is 0.183. The first-order chi connectivity index (χ1) is 19.3. The summed E-state index contributed by atoms with van der Waals surface area (Å²) in [4.78, 5) is 45.7. The van der Waals surface area contributed by atoms with E-state index >= 15 is 0 Å². The van der Waals surface area contributed by atoms with Crippen LogP contribution in [0.1, 0.15) is 62.5 Å². The van der Waals surface area contributed by atoms with Crippen LogP contribution >= 0.6 is 11.8 Å². The Hall–Kier alpha value is -2.58. The minimum atomic E-state index is -0.667. The Bertz CT molecular complexity index is 1120. The maximum Gasteiger partial charge on any atom is 0.310 e. The lowest BCUT2D eigenvalue weighted by molar-refractivity contribution is -0.154. The molecule has 0 saturated carbocycles. The van der Waals surface area contributed by atoms with Crippen molar-refractivity contribution in [2.24, 2.45) is 11.8 Å². The third-order valence-corrected chi connectivity index (χ3v) is 10.6. The van der Waals surface area contributed by atoms with Crippen LogP contribution in [-0.2, 0) is 19.1 Å². The van der Waals surface area contributed by atoms with E-state index in [0.29, 0.717) is 32.5 Å². The highest BCUT2D eigenvalue weighted by Gasteiger charge is 2.74. The molecule has 0 aromatic heterocycles. The molecule has 8 heteroatoms. The van der Waals surface area contributed by atoms with Crippen molar-refractivity contribution in [2.75, 3.05) is 31.2 Å². The van der Waals surface area contributed by atoms with Gasteiger partial charge in [-0.25, -0.2) is 0 Å². The van der Waals surface area contributed by atoms with E-state index in [4.69, 9.17) is 4.74 Å². The van der Waals surface area contributed by atoms with Gasteiger partial charge >= 0.3 is 5.97 Å². The molecule has 218 valence electrons. The number of rotatable bonds is 15. The molecule has 3 fully saturated rings. The highest BCUT2D eigenvalue weighted by molar-refractivity contribution is 8.02. The molecule has 2 bridgehead atoms. The van der Waals surface area contributed by atoms with E-state index in [0.717, 1.165) is 55.3 Å². The Balaban J connectivity index is 1.66. The van der Waals surface area contributed by atoms with E-state index in [9.17, 15) is 19.5 Å². The SMILES string of the molecule is C=CCCCCOC(=O)[C@@H]1[C@H]2C(=O)N(CCCCCO)C(C(=O)N(CC=C)c3cc(C)ccc3C)C23CC[C@H]1S3. The number of aliphatic hydroxyl groups excluding tert-OH is 1. The zero-order valence-electron chi connectivity index (χ0n) is 24.0. The van der Waals surface area contributed by atoms with Gasteiger partial charge in [0.2, 0.25) is 5.91 Å². The lowest BCUT2D eigenvalue weighted by Gasteiger charge is -2.37. The van der Waals surface area contributed by atoms with Gasteiger partial charge in [-0.15, -0.1) is 24.9 Å². The second-order valence-corrected chi connectivity index (χ2v) is 13.0. The molecule has 3 saturated heterocycles. The third kappa shape index (κ3) is 5.75. The van der Waals surface area contributed by atoms with Gasteiger partial charge in [0, 0.05) is 30.6 Å². The van der Waals surface area contributed by atoms with E-state index in [1.54, 1.807) is 27.6 Å². The molecule has 4 rings (SSSR count). The molecule has 1 spiro atoms. The number of anilines is 1. The first kappa shape index (κ1) is 30.4. The van der Waals surface area contributed by atoms with Crippen LogP contribution < -0.4 is 4.90 Å². The smallest absolute Gasteiger partial charge is 0.310 e. The molecule has 3 aliphatic rings. The van der Waals surface area contributed by atoms with Gasteiger partial charge in [-0.3, -0.25) is 14.4 Å². The fourth-order valence-electron chi connectivity index (χ4n) is 6.77. The van der Waals surface area contributed by atoms with Gasteiger partial charge in [0.05, 0.1) is 23.2 Å². The number of fused-ring (bicyclic) bond motifs is 1. The maximum atomic E-state index is 14.6. The molecule has 2 amide bonds. The molecule has 3 aliphatic heterocycles. The van der Waals surface area contributed by atoms with Gasteiger partial charge in [0.15, 0.2) is 0 Å². The second-order valence-electron chi connectivity index (χ2n) is 11.4. The summed E-state index contributed by atoms with van der Waals surface area (Å²) in [5.41, 5.74) is 2.86. The molecular formula is C32H44N2O5S. The Kier molecular flexibility index (Phi) is 10.2. The van der Waals surface area contributed by atoms with Crippen LogP contribution in [0, 0.1) is 25.7 Å². The number of benzene rings is 1. The minimum absolute atomic E-state index is 0.0185. The Morgan fingerprint density at radius 2 is 1.98 bits per heavy atom. The number of amides is 2. The Labute approximate surface area is 243 Å². The summed E-state index contributed by atoms with van der Waals surface area (Å²) in [5.74, 6) is -1.62. The van der Waals surface area contributed by atoms with E-state index in [1.807, 2.05) is 38.1 Å². The van der Waals surface area contributed by atoms with Crippen LogP contribution in [0.4, 0.5) is 5.69 Å². The van der Waals surface area contributed by atoms with Crippen molar-refractivity contribution < 1.29 is 24.2 Å². The van der Waals surface area contributed by atoms with Crippen LogP contribution in [0.3, 0.4) is 0 Å². The van der Waals surface area contributed by atoms with E-state index in [1.165, 1.54) is 0 Å². The number of allylic oxidation sites excluding steroid dienone is 1. The lowest BCUT2D eigenvalue weighted by Crippen LogP contribution is -2.55. The summed E-state index contributed by atoms with van der Waals surface area (Å²) < 4.78 is 5.06. The predicted octanol–water partition coefficient (Wildman–Crippen LogP) is 4.98. The number of ether oxygens (including phenoxy) is 1. The molecule has 40 heavy (non-hydrogen) atoms. The van der Waals surface area contributed by atoms with Crippen LogP contribution in [0.5, 0.6) is 0 Å². The fourth-order valence-corrected chi connectivity index (χ4v) is 8.97. The Morgan fingerprint density at radius 1 is 1.18 bits per heavy atom. The number of likely N-dealkylation sites (tertiary alicyclic amines) is 1. The van der Waals surface area contributed by atoms with Gasteiger partial charge in [-0.1, -0.05) is 24.3 Å². The van der Waals surface area contributed by atoms with Crippen molar-refractivity contribution in [2.45, 2.75) is 81.3 Å². The van der Waals surface area contributed by atoms with Gasteiger partial charge in [0.1, 0.15) is 6.04 Å². The van der Waals surface area contributed by atoms with Crippen molar-refractivity contribution in [3.05, 3.63) is 54.6 Å². The summed E-state index contributed by atoms with van der Waals surface area (Å²) in [5, 5.41) is 9.26. The number of hydrogen-bond acceptors (Lipinski definition) is 6. The van der Waals surface area contributed by atoms with Gasteiger partial charge in [-0.2, -0.15) is 0 Å². The summed E-state index contributed by atoms with van der Waals surface area (Å²) in [6, 6.07) is 5.39. The van der Waals surface area contributed by atoms with Crippen LogP contribution in [0.2, 0.25) is 0 Å². The fraction of sp³-hybridized carbons (Fsp3) is 0.594. The van der Waals surface area contributed by atoms with Gasteiger partial charge < -0.3 is 19.6 Å². The molecule has 5 atom stereocenters. The monoisotopic (exact) mass is 568 g/mol. The molecule has 0 aliphatic carbocycles. The van der Waals surface area contributed by atoms with Crippen LogP contribution in [-0.4, -0.2) is 70.1 Å². The van der Waals surface area contributed by atoms with Crippen molar-refractivity contribution in [3.8, 4) is 0 Å². The van der Waals surface area contributed by atoms with E-state index < -0.39 is 22.6 Å². The van der Waals surface area contributed by atoms with Gasteiger partial charge in [0.25, 0.3) is 5.91 Å². The van der Waals surface area contributed by atoms with Crippen LogP contribution in [0.15, 0.2) is 43.5 Å². The number of hydrogen-bond donors (Lipinski definition) is 1. The Morgan fingerprint density at radius 3 is 2.70 bits per heavy atom. The number of thioether (sulfide) groups is 1. The average Bonchev–Trinajstić information content (AvgIpc) is 3.58. The first-order valence-corrected chi connectivity index (χ1v) is 15.5. The van der Waals surface area contributed by atoms with Crippen LogP contribution in [0.25, 0.3) is 0 Å². The van der Waals surface area contributed by atoms with Crippen molar-refractivity contribution in [1.29, 1.82) is 0 Å². The molecule has 1 aromatic carbocycles.